The summed E-state index contributed by atoms with van der Waals surface area (Å²) in [4.78, 5) is 0. The quantitative estimate of drug-likeness (QED) is 0.0469. The second-order valence-corrected chi connectivity index (χ2v) is 12.6. The monoisotopic (exact) mass is 813 g/mol. The van der Waals surface area contributed by atoms with Crippen molar-refractivity contribution in [2.45, 2.75) is 57.5 Å². The van der Waals surface area contributed by atoms with Crippen LogP contribution in [-0.4, -0.2) is 45.8 Å². The Bertz CT molecular complexity index is 1770. The SMILES string of the molecule is CC[N+](C)(C)C(C)(OC(C)OC)c1cc(C(F)(F)F)ccc1OB(Oc1ccc(C(F)(F)F)cc1)Oc1ccc(C(F)(F)F)cc1.FC(F)(F)c1cc[c-]cc1. The number of hydrogen-bond acceptors (Lipinski definition) is 5. The number of hydrogen-bond donors (Lipinski definition) is 0. The van der Waals surface area contributed by atoms with Gasteiger partial charge in [-0.2, -0.15) is 83.0 Å². The van der Waals surface area contributed by atoms with Gasteiger partial charge < -0.3 is 18.7 Å². The summed E-state index contributed by atoms with van der Waals surface area (Å²) in [5.74, 6) is -0.674. The van der Waals surface area contributed by atoms with Crippen LogP contribution in [0.5, 0.6) is 17.2 Å². The van der Waals surface area contributed by atoms with Crippen LogP contribution in [0.2, 0.25) is 0 Å². The molecule has 0 aliphatic heterocycles. The molecule has 0 saturated carbocycles. The molecule has 0 aromatic heterocycles. The van der Waals surface area contributed by atoms with Gasteiger partial charge in [0.15, 0.2) is 6.29 Å². The summed E-state index contributed by atoms with van der Waals surface area (Å²) in [5, 5.41) is 0. The number of rotatable bonds is 12. The Kier molecular flexibility index (Phi) is 14.4. The van der Waals surface area contributed by atoms with Gasteiger partial charge in [0, 0.05) is 14.0 Å². The smallest absolute Gasteiger partial charge is 0.490 e. The molecule has 306 valence electrons. The van der Waals surface area contributed by atoms with Crippen molar-refractivity contribution < 1.29 is 80.6 Å². The lowest BCUT2D eigenvalue weighted by Crippen LogP contribution is -2.58. The van der Waals surface area contributed by atoms with Gasteiger partial charge >= 0.3 is 32.0 Å². The fraction of sp³-hybridized carbons (Fsp3) is 0.351. The third-order valence-electron chi connectivity index (χ3n) is 8.58. The van der Waals surface area contributed by atoms with E-state index in [-0.39, 0.29) is 27.3 Å². The predicted octanol–water partition coefficient (Wildman–Crippen LogP) is 11.0. The first kappa shape index (κ1) is 45.8. The molecule has 4 aromatic carbocycles. The summed E-state index contributed by atoms with van der Waals surface area (Å²) in [6.45, 7) is 5.18. The maximum atomic E-state index is 13.9. The molecule has 0 aliphatic carbocycles. The van der Waals surface area contributed by atoms with E-state index in [1.54, 1.807) is 21.0 Å². The second-order valence-electron chi connectivity index (χ2n) is 12.6. The lowest BCUT2D eigenvalue weighted by molar-refractivity contribution is -0.975. The third-order valence-corrected chi connectivity index (χ3v) is 8.58. The molecule has 56 heavy (non-hydrogen) atoms. The molecule has 4 rings (SSSR count). The van der Waals surface area contributed by atoms with Gasteiger partial charge in [-0.05, 0) is 80.6 Å². The maximum absolute atomic E-state index is 13.9. The summed E-state index contributed by atoms with van der Waals surface area (Å²) in [6, 6.07) is 16.2. The summed E-state index contributed by atoms with van der Waals surface area (Å²) in [7, 11) is 2.81. The van der Waals surface area contributed by atoms with Crippen LogP contribution in [0.1, 0.15) is 48.6 Å². The average molecular weight is 813 g/mol. The van der Waals surface area contributed by atoms with E-state index in [1.807, 2.05) is 0 Å². The number of alkyl halides is 12. The van der Waals surface area contributed by atoms with E-state index < -0.39 is 66.3 Å². The number of benzene rings is 4. The standard InChI is InChI=1S/C30H32BF9NO5.C7H4F3/c1-7-41(4,5)27(3,43-19(2)42-6)25-18-22(30(38,39)40)12-17-26(25)46-31(44-23-13-8-20(9-14-23)28(32,33)34)45-24-15-10-21(11-16-24)29(35,36)37;8-7(9,10)6-4-2-1-3-5-6/h8-19H,7H2,1-6H3;2-5H/q+1;-1. The molecule has 0 bridgehead atoms. The van der Waals surface area contributed by atoms with Crippen LogP contribution >= 0.6 is 0 Å². The zero-order valence-electron chi connectivity index (χ0n) is 30.5. The number of quaternary nitrogens is 1. The Balaban J connectivity index is 0.000000728. The van der Waals surface area contributed by atoms with Crippen molar-refractivity contribution in [2.75, 3.05) is 27.7 Å². The molecule has 0 spiro atoms. The molecular formula is C37H36BF12NO5. The highest BCUT2D eigenvalue weighted by molar-refractivity contribution is 6.39. The fourth-order valence-electron chi connectivity index (χ4n) is 4.80. The lowest BCUT2D eigenvalue weighted by atomic mass is 9.96. The summed E-state index contributed by atoms with van der Waals surface area (Å²) in [6.07, 6.45) is -19.2. The Morgan fingerprint density at radius 1 is 0.607 bits per heavy atom. The first-order valence-corrected chi connectivity index (χ1v) is 16.3. The van der Waals surface area contributed by atoms with Gasteiger partial charge in [-0.25, -0.2) is 0 Å². The number of nitrogens with zero attached hydrogens (tertiary/aromatic N) is 1. The lowest BCUT2D eigenvalue weighted by Gasteiger charge is -2.47. The van der Waals surface area contributed by atoms with Crippen molar-refractivity contribution in [3.05, 3.63) is 125 Å². The predicted molar refractivity (Wildman–Crippen MR) is 180 cm³/mol. The Morgan fingerprint density at radius 3 is 1.36 bits per heavy atom. The van der Waals surface area contributed by atoms with E-state index in [0.29, 0.717) is 30.8 Å². The van der Waals surface area contributed by atoms with Gasteiger partial charge in [-0.3, -0.25) is 9.22 Å². The van der Waals surface area contributed by atoms with Crippen molar-refractivity contribution >= 4 is 7.32 Å². The molecule has 0 fully saturated rings. The molecular weight excluding hydrogens is 777 g/mol. The normalized spacial score (nSPS) is 14.2. The molecule has 0 N–H and O–H groups in total. The molecule has 2 unspecified atom stereocenters. The third kappa shape index (κ3) is 12.2. The molecule has 0 amide bonds. The molecule has 6 nitrogen and oxygen atoms in total. The van der Waals surface area contributed by atoms with Crippen molar-refractivity contribution in [1.29, 1.82) is 0 Å². The topological polar surface area (TPSA) is 46.2 Å². The number of methoxy groups -OCH3 is 1. The van der Waals surface area contributed by atoms with Crippen molar-refractivity contribution in [2.24, 2.45) is 0 Å². The number of ether oxygens (including phenoxy) is 2. The van der Waals surface area contributed by atoms with Crippen molar-refractivity contribution in [3.8, 4) is 17.2 Å². The van der Waals surface area contributed by atoms with Crippen molar-refractivity contribution in [3.63, 3.8) is 0 Å². The minimum Gasteiger partial charge on any atom is -0.490 e. The molecule has 0 radical (unpaired) electrons. The van der Waals surface area contributed by atoms with Crippen LogP contribution in [0.4, 0.5) is 52.7 Å². The van der Waals surface area contributed by atoms with Gasteiger partial charge in [0.25, 0.3) is 0 Å². The molecule has 19 heteroatoms. The Hall–Kier alpha value is -4.62. The van der Waals surface area contributed by atoms with Crippen LogP contribution in [0.15, 0.2) is 91.0 Å². The highest BCUT2D eigenvalue weighted by atomic mass is 19.4. The fourth-order valence-corrected chi connectivity index (χ4v) is 4.80. The number of halogens is 12. The molecule has 0 heterocycles. The van der Waals surface area contributed by atoms with E-state index in [4.69, 9.17) is 23.4 Å². The zero-order valence-corrected chi connectivity index (χ0v) is 30.5. The zero-order chi connectivity index (χ0) is 42.3. The average Bonchev–Trinajstić information content (AvgIpc) is 3.11. The first-order valence-electron chi connectivity index (χ1n) is 16.3. The van der Waals surface area contributed by atoms with E-state index in [1.165, 1.54) is 33.1 Å². The Morgan fingerprint density at radius 2 is 1.00 bits per heavy atom. The highest BCUT2D eigenvalue weighted by Crippen LogP contribution is 2.43. The van der Waals surface area contributed by atoms with Gasteiger partial charge in [-0.15, -0.1) is 0 Å². The van der Waals surface area contributed by atoms with Crippen LogP contribution in [0.25, 0.3) is 0 Å². The highest BCUT2D eigenvalue weighted by Gasteiger charge is 2.49. The van der Waals surface area contributed by atoms with E-state index in [0.717, 1.165) is 54.6 Å². The van der Waals surface area contributed by atoms with Gasteiger partial charge in [0.2, 0.25) is 5.72 Å². The van der Waals surface area contributed by atoms with Crippen LogP contribution in [0, 0.1) is 6.07 Å². The van der Waals surface area contributed by atoms with E-state index >= 15 is 0 Å². The van der Waals surface area contributed by atoms with Gasteiger partial charge in [0.1, 0.15) is 17.2 Å². The minimum absolute atomic E-state index is 0.0530. The summed E-state index contributed by atoms with van der Waals surface area (Å²) in [5.41, 5.74) is -5.39. The van der Waals surface area contributed by atoms with Crippen molar-refractivity contribution in [1.82, 2.24) is 0 Å². The summed E-state index contributed by atoms with van der Waals surface area (Å²) >= 11 is 0. The molecule has 0 saturated heterocycles. The first-order chi connectivity index (χ1) is 25.7. The summed E-state index contributed by atoms with van der Waals surface area (Å²) < 4.78 is 184. The van der Waals surface area contributed by atoms with E-state index in [9.17, 15) is 52.7 Å². The Labute approximate surface area is 315 Å². The van der Waals surface area contributed by atoms with Crippen LogP contribution in [-0.2, 0) is 39.9 Å². The maximum Gasteiger partial charge on any atom is 0.864 e. The minimum atomic E-state index is -4.78. The largest absolute Gasteiger partial charge is 0.864 e. The molecule has 0 aliphatic rings. The van der Waals surface area contributed by atoms with Crippen LogP contribution < -0.4 is 14.0 Å². The van der Waals surface area contributed by atoms with Crippen LogP contribution in [0.3, 0.4) is 0 Å². The molecule has 4 aromatic rings. The van der Waals surface area contributed by atoms with Gasteiger partial charge in [0.05, 0.1) is 42.9 Å². The van der Waals surface area contributed by atoms with E-state index in [2.05, 4.69) is 6.07 Å². The molecule has 2 atom stereocenters. The van der Waals surface area contributed by atoms with Gasteiger partial charge in [-0.1, -0.05) is 5.56 Å². The second kappa shape index (κ2) is 17.7.